The van der Waals surface area contributed by atoms with Gasteiger partial charge in [0.15, 0.2) is 0 Å². The molecule has 1 atom stereocenters. The van der Waals surface area contributed by atoms with Crippen LogP contribution in [0.5, 0.6) is 5.75 Å². The van der Waals surface area contributed by atoms with Crippen molar-refractivity contribution in [3.63, 3.8) is 0 Å². The average Bonchev–Trinajstić information content (AvgIpc) is 2.73. The van der Waals surface area contributed by atoms with E-state index in [2.05, 4.69) is 20.6 Å². The van der Waals surface area contributed by atoms with Crippen molar-refractivity contribution in [3.05, 3.63) is 28.8 Å². The number of nitrogens with two attached hydrogens (primary N) is 1. The first kappa shape index (κ1) is 20.2. The van der Waals surface area contributed by atoms with Gasteiger partial charge in [-0.05, 0) is 37.5 Å². The number of fused-ring (bicyclic) bond motifs is 1. The summed E-state index contributed by atoms with van der Waals surface area (Å²) in [5, 5.41) is 5.97. The quantitative estimate of drug-likeness (QED) is 0.681. The molecule has 1 fully saturated rings. The van der Waals surface area contributed by atoms with Crippen LogP contribution in [0.4, 0.5) is 23.3 Å². The largest absolute Gasteiger partial charge is 0.495 e. The van der Waals surface area contributed by atoms with Crippen molar-refractivity contribution in [1.82, 2.24) is 9.97 Å². The molecule has 10 heteroatoms. The van der Waals surface area contributed by atoms with Gasteiger partial charge in [-0.2, -0.15) is 9.97 Å². The van der Waals surface area contributed by atoms with Crippen LogP contribution in [-0.2, 0) is 9.59 Å². The Morgan fingerprint density at radius 3 is 2.80 bits per heavy atom. The summed E-state index contributed by atoms with van der Waals surface area (Å²) in [6.45, 7) is 1.68. The van der Waals surface area contributed by atoms with E-state index in [1.165, 1.54) is 13.5 Å². The first-order chi connectivity index (χ1) is 14.5. The zero-order valence-corrected chi connectivity index (χ0v) is 17.3. The number of ether oxygens (including phenoxy) is 1. The van der Waals surface area contributed by atoms with E-state index < -0.39 is 11.8 Å². The molecular weight excluding hydrogens is 408 g/mol. The molecule has 30 heavy (non-hydrogen) atoms. The normalized spacial score (nSPS) is 18.4. The molecule has 0 unspecified atom stereocenters. The van der Waals surface area contributed by atoms with E-state index in [1.807, 2.05) is 4.90 Å². The fourth-order valence-electron chi connectivity index (χ4n) is 3.84. The van der Waals surface area contributed by atoms with Gasteiger partial charge in [0.2, 0.25) is 17.8 Å². The SMILES string of the molecule is COc1ccc(Cl)cc1NC(=O)[C@@H]1CC(=O)Nc2nc(N3CCCCC3)nc(N)c21. The Labute approximate surface area is 179 Å². The summed E-state index contributed by atoms with van der Waals surface area (Å²) in [6.07, 6.45) is 3.22. The second-order valence-electron chi connectivity index (χ2n) is 7.36. The van der Waals surface area contributed by atoms with Crippen LogP contribution in [0.1, 0.15) is 37.2 Å². The summed E-state index contributed by atoms with van der Waals surface area (Å²) in [6, 6.07) is 4.90. The Morgan fingerprint density at radius 1 is 1.30 bits per heavy atom. The molecule has 4 rings (SSSR count). The van der Waals surface area contributed by atoms with Gasteiger partial charge in [-0.25, -0.2) is 0 Å². The lowest BCUT2D eigenvalue weighted by Gasteiger charge is -2.30. The smallest absolute Gasteiger partial charge is 0.232 e. The van der Waals surface area contributed by atoms with Gasteiger partial charge in [0.05, 0.1) is 24.3 Å². The van der Waals surface area contributed by atoms with Gasteiger partial charge in [0.25, 0.3) is 0 Å². The van der Waals surface area contributed by atoms with Gasteiger partial charge in [-0.15, -0.1) is 0 Å². The van der Waals surface area contributed by atoms with Gasteiger partial charge in [0.1, 0.15) is 17.4 Å². The monoisotopic (exact) mass is 430 g/mol. The second-order valence-corrected chi connectivity index (χ2v) is 7.79. The number of hydrogen-bond donors (Lipinski definition) is 3. The van der Waals surface area contributed by atoms with Crippen LogP contribution in [0.25, 0.3) is 0 Å². The number of aromatic nitrogens is 2. The third-order valence-electron chi connectivity index (χ3n) is 5.33. The van der Waals surface area contributed by atoms with Crippen molar-refractivity contribution >= 4 is 46.7 Å². The van der Waals surface area contributed by atoms with Crippen molar-refractivity contribution in [2.24, 2.45) is 0 Å². The molecule has 0 aliphatic carbocycles. The second kappa shape index (κ2) is 8.35. The minimum absolute atomic E-state index is 0.0572. The summed E-state index contributed by atoms with van der Waals surface area (Å²) in [4.78, 5) is 36.4. The van der Waals surface area contributed by atoms with E-state index in [-0.39, 0.29) is 24.0 Å². The first-order valence-electron chi connectivity index (χ1n) is 9.83. The van der Waals surface area contributed by atoms with Gasteiger partial charge in [0, 0.05) is 24.5 Å². The number of methoxy groups -OCH3 is 1. The molecule has 9 nitrogen and oxygen atoms in total. The van der Waals surface area contributed by atoms with Crippen molar-refractivity contribution < 1.29 is 14.3 Å². The predicted molar refractivity (Wildman–Crippen MR) is 115 cm³/mol. The number of hydrogen-bond acceptors (Lipinski definition) is 7. The van der Waals surface area contributed by atoms with E-state index in [1.54, 1.807) is 18.2 Å². The number of halogens is 1. The van der Waals surface area contributed by atoms with Gasteiger partial charge in [-0.3, -0.25) is 9.59 Å². The zero-order chi connectivity index (χ0) is 21.3. The Bertz CT molecular complexity index is 993. The highest BCUT2D eigenvalue weighted by Crippen LogP contribution is 2.38. The van der Waals surface area contributed by atoms with Crippen LogP contribution in [0.2, 0.25) is 5.02 Å². The molecule has 2 aliphatic rings. The molecule has 1 saturated heterocycles. The lowest BCUT2D eigenvalue weighted by molar-refractivity contribution is -0.123. The van der Waals surface area contributed by atoms with Crippen LogP contribution in [0, 0.1) is 0 Å². The Kier molecular flexibility index (Phi) is 5.63. The molecule has 0 saturated carbocycles. The molecule has 2 aliphatic heterocycles. The molecule has 2 amide bonds. The highest BCUT2D eigenvalue weighted by molar-refractivity contribution is 6.31. The Morgan fingerprint density at radius 2 is 2.07 bits per heavy atom. The summed E-state index contributed by atoms with van der Waals surface area (Å²) in [5.74, 6) is -0.123. The number of carbonyl (C=O) groups is 2. The van der Waals surface area contributed by atoms with Crippen molar-refractivity contribution in [2.45, 2.75) is 31.6 Å². The maximum atomic E-state index is 13.1. The van der Waals surface area contributed by atoms with Crippen LogP contribution in [-0.4, -0.2) is 42.0 Å². The number of piperidine rings is 1. The molecule has 0 spiro atoms. The summed E-state index contributed by atoms with van der Waals surface area (Å²) >= 11 is 6.05. The topological polar surface area (TPSA) is 122 Å². The first-order valence-corrected chi connectivity index (χ1v) is 10.2. The number of anilines is 4. The fraction of sp³-hybridized carbons (Fsp3) is 0.400. The number of amides is 2. The number of carbonyl (C=O) groups excluding carboxylic acids is 2. The third kappa shape index (κ3) is 3.97. The molecular formula is C20H23ClN6O3. The van der Waals surface area contributed by atoms with Gasteiger partial charge < -0.3 is 26.0 Å². The molecule has 1 aromatic carbocycles. The molecule has 4 N–H and O–H groups in total. The van der Waals surface area contributed by atoms with E-state index in [9.17, 15) is 9.59 Å². The van der Waals surface area contributed by atoms with Crippen LogP contribution in [0.3, 0.4) is 0 Å². The Hall–Kier alpha value is -3.07. The van der Waals surface area contributed by atoms with E-state index in [0.29, 0.717) is 28.0 Å². The molecule has 2 aromatic rings. The Balaban J connectivity index is 1.65. The molecule has 0 bridgehead atoms. The van der Waals surface area contributed by atoms with Crippen molar-refractivity contribution in [3.8, 4) is 5.75 Å². The highest BCUT2D eigenvalue weighted by Gasteiger charge is 2.35. The molecule has 3 heterocycles. The minimum Gasteiger partial charge on any atom is -0.495 e. The lowest BCUT2D eigenvalue weighted by atomic mass is 9.91. The number of nitrogen functional groups attached to an aromatic ring is 1. The number of nitrogens with zero attached hydrogens (tertiary/aromatic N) is 3. The average molecular weight is 431 g/mol. The minimum atomic E-state index is -0.826. The standard InChI is InChI=1S/C20H23ClN6O3/c1-30-14-6-5-11(21)9-13(14)23-19(29)12-10-15(28)24-18-16(12)17(22)25-20(26-18)27-7-3-2-4-8-27/h5-6,9,12H,2-4,7-8,10H2,1H3,(H,23,29)(H3,22,24,25,26,28)/t12-/m1/s1. The zero-order valence-electron chi connectivity index (χ0n) is 16.6. The van der Waals surface area contributed by atoms with Gasteiger partial charge in [-0.1, -0.05) is 11.6 Å². The maximum Gasteiger partial charge on any atom is 0.232 e. The number of benzene rings is 1. The maximum absolute atomic E-state index is 13.1. The fourth-order valence-corrected chi connectivity index (χ4v) is 4.01. The molecule has 1 aromatic heterocycles. The lowest BCUT2D eigenvalue weighted by Crippen LogP contribution is -2.35. The predicted octanol–water partition coefficient (Wildman–Crippen LogP) is 2.78. The molecule has 158 valence electrons. The molecule has 0 radical (unpaired) electrons. The summed E-state index contributed by atoms with van der Waals surface area (Å²) in [5.41, 5.74) is 7.08. The highest BCUT2D eigenvalue weighted by atomic mass is 35.5. The van der Waals surface area contributed by atoms with Crippen LogP contribution >= 0.6 is 11.6 Å². The van der Waals surface area contributed by atoms with E-state index >= 15 is 0 Å². The van der Waals surface area contributed by atoms with Crippen molar-refractivity contribution in [1.29, 1.82) is 0 Å². The number of rotatable bonds is 4. The van der Waals surface area contributed by atoms with Crippen LogP contribution in [0.15, 0.2) is 18.2 Å². The van der Waals surface area contributed by atoms with Crippen LogP contribution < -0.4 is 26.0 Å². The van der Waals surface area contributed by atoms with E-state index in [0.717, 1.165) is 25.9 Å². The summed E-state index contributed by atoms with van der Waals surface area (Å²) < 4.78 is 5.28. The third-order valence-corrected chi connectivity index (χ3v) is 5.57. The van der Waals surface area contributed by atoms with E-state index in [4.69, 9.17) is 22.1 Å². The number of nitrogens with one attached hydrogen (secondary N) is 2. The van der Waals surface area contributed by atoms with Gasteiger partial charge >= 0.3 is 0 Å². The summed E-state index contributed by atoms with van der Waals surface area (Å²) in [7, 11) is 1.50. The van der Waals surface area contributed by atoms with Crippen molar-refractivity contribution in [2.75, 3.05) is 41.5 Å².